The first-order valence-electron chi connectivity index (χ1n) is 6.86. The molecule has 1 aromatic rings. The van der Waals surface area contributed by atoms with Gasteiger partial charge in [-0.25, -0.2) is 8.42 Å². The summed E-state index contributed by atoms with van der Waals surface area (Å²) < 4.78 is 24.8. The summed E-state index contributed by atoms with van der Waals surface area (Å²) in [5.41, 5.74) is 0.777. The molecule has 0 aliphatic heterocycles. The van der Waals surface area contributed by atoms with Gasteiger partial charge in [0.2, 0.25) is 0 Å². The molecular formula is C14H20ClNO3S. The summed E-state index contributed by atoms with van der Waals surface area (Å²) in [5, 5.41) is 12.1. The number of sulfone groups is 1. The van der Waals surface area contributed by atoms with Crippen molar-refractivity contribution in [3.05, 3.63) is 24.3 Å². The first kappa shape index (κ1) is 15.6. The molecule has 0 amide bonds. The van der Waals surface area contributed by atoms with Gasteiger partial charge in [-0.15, -0.1) is 11.6 Å². The van der Waals surface area contributed by atoms with Crippen molar-refractivity contribution in [1.29, 1.82) is 0 Å². The van der Waals surface area contributed by atoms with E-state index in [1.165, 1.54) is 0 Å². The van der Waals surface area contributed by atoms with Crippen LogP contribution in [0.25, 0.3) is 0 Å². The number of hydrogen-bond donors (Lipinski definition) is 2. The monoisotopic (exact) mass is 317 g/mol. The third kappa shape index (κ3) is 3.65. The van der Waals surface area contributed by atoms with Crippen LogP contribution in [0, 0.1) is 0 Å². The summed E-state index contributed by atoms with van der Waals surface area (Å²) in [4.78, 5) is 0.382. The Morgan fingerprint density at radius 2 is 1.85 bits per heavy atom. The second-order valence-corrected chi connectivity index (χ2v) is 7.70. The van der Waals surface area contributed by atoms with Gasteiger partial charge in [-0.05, 0) is 37.1 Å². The first-order chi connectivity index (χ1) is 9.54. The lowest BCUT2D eigenvalue weighted by Gasteiger charge is -2.13. The number of aliphatic hydroxyl groups is 1. The second kappa shape index (κ2) is 6.78. The van der Waals surface area contributed by atoms with Crippen LogP contribution in [0.15, 0.2) is 29.2 Å². The number of hydrogen-bond acceptors (Lipinski definition) is 4. The second-order valence-electron chi connectivity index (χ2n) is 5.16. The normalized spacial score (nSPS) is 18.1. The molecule has 1 atom stereocenters. The van der Waals surface area contributed by atoms with Crippen molar-refractivity contribution < 1.29 is 13.5 Å². The van der Waals surface area contributed by atoms with Gasteiger partial charge < -0.3 is 10.4 Å². The van der Waals surface area contributed by atoms with E-state index in [9.17, 15) is 13.5 Å². The van der Waals surface area contributed by atoms with Crippen molar-refractivity contribution in [3.8, 4) is 0 Å². The maximum atomic E-state index is 12.4. The van der Waals surface area contributed by atoms with Crippen molar-refractivity contribution in [2.45, 2.75) is 41.9 Å². The zero-order valence-corrected chi connectivity index (χ0v) is 12.8. The lowest BCUT2D eigenvalue weighted by Crippen LogP contribution is -2.21. The smallest absolute Gasteiger partial charge is 0.181 e. The molecule has 2 rings (SSSR count). The average Bonchev–Trinajstić information content (AvgIpc) is 3.00. The van der Waals surface area contributed by atoms with E-state index in [4.69, 9.17) is 11.6 Å². The molecule has 1 aromatic carbocycles. The Hall–Kier alpha value is -0.780. The summed E-state index contributed by atoms with van der Waals surface area (Å²) in [5.74, 6) is 0.168. The topological polar surface area (TPSA) is 66.4 Å². The Balaban J connectivity index is 2.04. The Bertz CT molecular complexity index is 524. The Labute approximate surface area is 125 Å². The zero-order valence-electron chi connectivity index (χ0n) is 11.3. The minimum Gasteiger partial charge on any atom is -0.390 e. The van der Waals surface area contributed by atoms with Crippen LogP contribution in [0.5, 0.6) is 0 Å². The molecule has 20 heavy (non-hydrogen) atoms. The van der Waals surface area contributed by atoms with Crippen molar-refractivity contribution in [2.75, 3.05) is 17.7 Å². The fourth-order valence-electron chi connectivity index (χ4n) is 2.44. The summed E-state index contributed by atoms with van der Waals surface area (Å²) in [7, 11) is -3.19. The molecule has 1 aliphatic carbocycles. The zero-order chi connectivity index (χ0) is 14.6. The third-order valence-electron chi connectivity index (χ3n) is 3.64. The first-order valence-corrected chi connectivity index (χ1v) is 8.94. The quantitative estimate of drug-likeness (QED) is 0.791. The number of rotatable bonds is 6. The van der Waals surface area contributed by atoms with Crippen LogP contribution in [0.1, 0.15) is 25.7 Å². The molecule has 0 saturated heterocycles. The molecule has 1 fully saturated rings. The molecule has 4 nitrogen and oxygen atoms in total. The SMILES string of the molecule is O=S(=O)(c1ccc(NCC(O)CCl)cc1)C1CCCC1. The third-order valence-corrected chi connectivity index (χ3v) is 6.28. The molecule has 1 unspecified atom stereocenters. The van der Waals surface area contributed by atoms with E-state index in [2.05, 4.69) is 5.32 Å². The van der Waals surface area contributed by atoms with Crippen molar-refractivity contribution in [1.82, 2.24) is 0 Å². The number of aliphatic hydroxyl groups excluding tert-OH is 1. The highest BCUT2D eigenvalue weighted by Crippen LogP contribution is 2.29. The Kier molecular flexibility index (Phi) is 5.29. The Morgan fingerprint density at radius 3 is 2.40 bits per heavy atom. The maximum absolute atomic E-state index is 12.4. The van der Waals surface area contributed by atoms with E-state index in [1.807, 2.05) is 0 Å². The van der Waals surface area contributed by atoms with Gasteiger partial charge in [0.1, 0.15) is 0 Å². The van der Waals surface area contributed by atoms with Crippen molar-refractivity contribution in [3.63, 3.8) is 0 Å². The van der Waals surface area contributed by atoms with Crippen LogP contribution >= 0.6 is 11.6 Å². The Morgan fingerprint density at radius 1 is 1.25 bits per heavy atom. The molecule has 0 spiro atoms. The molecule has 0 aromatic heterocycles. The lowest BCUT2D eigenvalue weighted by molar-refractivity contribution is 0.211. The van der Waals surface area contributed by atoms with Gasteiger partial charge >= 0.3 is 0 Å². The van der Waals surface area contributed by atoms with Gasteiger partial charge in [-0.2, -0.15) is 0 Å². The number of anilines is 1. The standard InChI is InChI=1S/C14H20ClNO3S/c15-9-12(17)10-16-11-5-7-14(8-6-11)20(18,19)13-3-1-2-4-13/h5-8,12-13,16-17H,1-4,9-10H2. The van der Waals surface area contributed by atoms with Crippen molar-refractivity contribution >= 4 is 27.1 Å². The van der Waals surface area contributed by atoms with E-state index in [1.54, 1.807) is 24.3 Å². The summed E-state index contributed by atoms with van der Waals surface area (Å²) in [6.07, 6.45) is 2.92. The number of benzene rings is 1. The van der Waals surface area contributed by atoms with Crippen LogP contribution < -0.4 is 5.32 Å². The molecule has 0 heterocycles. The predicted molar refractivity (Wildman–Crippen MR) is 81.1 cm³/mol. The molecule has 1 saturated carbocycles. The lowest BCUT2D eigenvalue weighted by atomic mass is 10.3. The fraction of sp³-hybridized carbons (Fsp3) is 0.571. The van der Waals surface area contributed by atoms with Crippen LogP contribution in [-0.4, -0.2) is 37.3 Å². The van der Waals surface area contributed by atoms with Gasteiger partial charge in [0.25, 0.3) is 0 Å². The molecule has 112 valence electrons. The van der Waals surface area contributed by atoms with Crippen LogP contribution in [-0.2, 0) is 9.84 Å². The van der Waals surface area contributed by atoms with E-state index in [0.29, 0.717) is 11.4 Å². The van der Waals surface area contributed by atoms with Crippen LogP contribution in [0.2, 0.25) is 0 Å². The molecule has 0 bridgehead atoms. The summed E-state index contributed by atoms with van der Waals surface area (Å²) >= 11 is 5.51. The average molecular weight is 318 g/mol. The van der Waals surface area contributed by atoms with E-state index >= 15 is 0 Å². The number of alkyl halides is 1. The highest BCUT2D eigenvalue weighted by molar-refractivity contribution is 7.92. The number of halogens is 1. The minimum atomic E-state index is -3.19. The predicted octanol–water partition coefficient (Wildman–Crippen LogP) is 2.41. The molecule has 2 N–H and O–H groups in total. The molecule has 0 radical (unpaired) electrons. The van der Waals surface area contributed by atoms with E-state index in [-0.39, 0.29) is 11.1 Å². The van der Waals surface area contributed by atoms with Crippen LogP contribution in [0.4, 0.5) is 5.69 Å². The fourth-order valence-corrected chi connectivity index (χ4v) is 4.41. The minimum absolute atomic E-state index is 0.168. The van der Waals surface area contributed by atoms with Gasteiger partial charge in [0, 0.05) is 12.2 Å². The molecule has 1 aliphatic rings. The molecular weight excluding hydrogens is 298 g/mol. The van der Waals surface area contributed by atoms with Gasteiger partial charge in [-0.3, -0.25) is 0 Å². The van der Waals surface area contributed by atoms with E-state index < -0.39 is 15.9 Å². The number of nitrogens with one attached hydrogen (secondary N) is 1. The highest BCUT2D eigenvalue weighted by Gasteiger charge is 2.29. The maximum Gasteiger partial charge on any atom is 0.181 e. The van der Waals surface area contributed by atoms with Gasteiger partial charge in [0.15, 0.2) is 9.84 Å². The van der Waals surface area contributed by atoms with Gasteiger partial charge in [0.05, 0.1) is 22.1 Å². The van der Waals surface area contributed by atoms with Gasteiger partial charge in [-0.1, -0.05) is 12.8 Å². The van der Waals surface area contributed by atoms with E-state index in [0.717, 1.165) is 31.4 Å². The van der Waals surface area contributed by atoms with Crippen molar-refractivity contribution in [2.24, 2.45) is 0 Å². The van der Waals surface area contributed by atoms with Crippen LogP contribution in [0.3, 0.4) is 0 Å². The molecule has 6 heteroatoms. The highest BCUT2D eigenvalue weighted by atomic mass is 35.5. The summed E-state index contributed by atoms with van der Waals surface area (Å²) in [6.45, 7) is 0.345. The summed E-state index contributed by atoms with van der Waals surface area (Å²) in [6, 6.07) is 6.71. The largest absolute Gasteiger partial charge is 0.390 e.